The molecule has 0 aliphatic heterocycles. The van der Waals surface area contributed by atoms with Gasteiger partial charge in [-0.05, 0) is 36.3 Å². The SMILES string of the molecule is CCCOc1ccc(CC(N)CC)c2ccccc12.Cl. The standard InChI is InChI=1S/C17H23NO.ClH/c1-3-11-19-17-10-9-13(12-14(18)4-2)15-7-5-6-8-16(15)17;/h5-10,14H,3-4,11-12,18H2,1-2H3;1H. The molecule has 20 heavy (non-hydrogen) atoms. The zero-order valence-corrected chi connectivity index (χ0v) is 13.1. The quantitative estimate of drug-likeness (QED) is 0.860. The van der Waals surface area contributed by atoms with Crippen LogP contribution in [0.3, 0.4) is 0 Å². The number of hydrogen-bond acceptors (Lipinski definition) is 2. The molecular formula is C17H24ClNO. The monoisotopic (exact) mass is 293 g/mol. The number of ether oxygens (including phenoxy) is 1. The molecule has 0 amide bonds. The molecule has 2 aromatic carbocycles. The highest BCUT2D eigenvalue weighted by molar-refractivity contribution is 5.91. The van der Waals surface area contributed by atoms with Crippen LogP contribution >= 0.6 is 12.4 Å². The first-order valence-corrected chi connectivity index (χ1v) is 7.15. The van der Waals surface area contributed by atoms with Gasteiger partial charge in [0, 0.05) is 11.4 Å². The lowest BCUT2D eigenvalue weighted by molar-refractivity contribution is 0.321. The van der Waals surface area contributed by atoms with Crippen LogP contribution in [0.4, 0.5) is 0 Å². The van der Waals surface area contributed by atoms with Crippen LogP contribution in [0, 0.1) is 0 Å². The average molecular weight is 294 g/mol. The summed E-state index contributed by atoms with van der Waals surface area (Å²) in [6.45, 7) is 5.01. The molecule has 1 atom stereocenters. The van der Waals surface area contributed by atoms with E-state index in [0.29, 0.717) is 0 Å². The Balaban J connectivity index is 0.00000200. The van der Waals surface area contributed by atoms with Crippen molar-refractivity contribution in [3.05, 3.63) is 42.0 Å². The molecule has 0 heterocycles. The molecule has 0 fully saturated rings. The number of halogens is 1. The lowest BCUT2D eigenvalue weighted by Gasteiger charge is -2.14. The molecular weight excluding hydrogens is 270 g/mol. The van der Waals surface area contributed by atoms with Gasteiger partial charge in [-0.25, -0.2) is 0 Å². The normalized spacial score (nSPS) is 11.9. The summed E-state index contributed by atoms with van der Waals surface area (Å²) in [5, 5.41) is 2.46. The first-order valence-electron chi connectivity index (χ1n) is 7.15. The van der Waals surface area contributed by atoms with Crippen molar-refractivity contribution < 1.29 is 4.74 Å². The van der Waals surface area contributed by atoms with Gasteiger partial charge in [-0.15, -0.1) is 12.4 Å². The first-order chi connectivity index (χ1) is 9.26. The highest BCUT2D eigenvalue weighted by Gasteiger charge is 2.09. The summed E-state index contributed by atoms with van der Waals surface area (Å²) in [6.07, 6.45) is 2.95. The number of benzene rings is 2. The minimum Gasteiger partial charge on any atom is -0.493 e. The molecule has 0 saturated heterocycles. The fraction of sp³-hybridized carbons (Fsp3) is 0.412. The van der Waals surface area contributed by atoms with Crippen LogP contribution in [0.25, 0.3) is 10.8 Å². The van der Waals surface area contributed by atoms with E-state index in [1.165, 1.54) is 16.3 Å². The summed E-state index contributed by atoms with van der Waals surface area (Å²) in [7, 11) is 0. The van der Waals surface area contributed by atoms with E-state index >= 15 is 0 Å². The van der Waals surface area contributed by atoms with E-state index in [2.05, 4.69) is 50.2 Å². The zero-order chi connectivity index (χ0) is 13.7. The van der Waals surface area contributed by atoms with Crippen LogP contribution in [0.2, 0.25) is 0 Å². The number of nitrogens with two attached hydrogens (primary N) is 1. The van der Waals surface area contributed by atoms with Gasteiger partial charge in [0.1, 0.15) is 5.75 Å². The van der Waals surface area contributed by atoms with Crippen molar-refractivity contribution in [1.82, 2.24) is 0 Å². The molecule has 0 spiro atoms. The minimum atomic E-state index is 0. The molecule has 0 radical (unpaired) electrons. The van der Waals surface area contributed by atoms with Gasteiger partial charge in [0.05, 0.1) is 6.61 Å². The molecule has 2 rings (SSSR count). The molecule has 0 aliphatic rings. The second-order valence-corrected chi connectivity index (χ2v) is 4.99. The van der Waals surface area contributed by atoms with Gasteiger partial charge in [-0.1, -0.05) is 44.2 Å². The van der Waals surface area contributed by atoms with Crippen molar-refractivity contribution in [3.8, 4) is 5.75 Å². The maximum absolute atomic E-state index is 6.08. The third-order valence-corrected chi connectivity index (χ3v) is 3.44. The molecule has 2 aromatic rings. The van der Waals surface area contributed by atoms with Gasteiger partial charge in [0.15, 0.2) is 0 Å². The van der Waals surface area contributed by atoms with Crippen LogP contribution < -0.4 is 10.5 Å². The van der Waals surface area contributed by atoms with E-state index in [0.717, 1.165) is 31.6 Å². The van der Waals surface area contributed by atoms with E-state index in [4.69, 9.17) is 10.5 Å². The molecule has 3 heteroatoms. The van der Waals surface area contributed by atoms with Crippen LogP contribution in [-0.2, 0) is 6.42 Å². The Kier molecular flexibility index (Phi) is 6.83. The number of hydrogen-bond donors (Lipinski definition) is 1. The van der Waals surface area contributed by atoms with Crippen LogP contribution in [0.15, 0.2) is 36.4 Å². The largest absolute Gasteiger partial charge is 0.493 e. The minimum absolute atomic E-state index is 0. The van der Waals surface area contributed by atoms with E-state index in [1.807, 2.05) is 0 Å². The molecule has 1 unspecified atom stereocenters. The van der Waals surface area contributed by atoms with Crippen molar-refractivity contribution >= 4 is 23.2 Å². The van der Waals surface area contributed by atoms with Gasteiger partial charge in [0.25, 0.3) is 0 Å². The maximum Gasteiger partial charge on any atom is 0.127 e. The van der Waals surface area contributed by atoms with Crippen molar-refractivity contribution in [2.45, 2.75) is 39.2 Å². The Hall–Kier alpha value is -1.25. The zero-order valence-electron chi connectivity index (χ0n) is 12.3. The number of fused-ring (bicyclic) bond motifs is 1. The van der Waals surface area contributed by atoms with Crippen molar-refractivity contribution in [2.75, 3.05) is 6.61 Å². The summed E-state index contributed by atoms with van der Waals surface area (Å²) < 4.78 is 5.82. The van der Waals surface area contributed by atoms with Crippen LogP contribution in [0.5, 0.6) is 5.75 Å². The molecule has 0 bridgehead atoms. The van der Waals surface area contributed by atoms with E-state index < -0.39 is 0 Å². The summed E-state index contributed by atoms with van der Waals surface area (Å²) in [4.78, 5) is 0. The van der Waals surface area contributed by atoms with Gasteiger partial charge >= 0.3 is 0 Å². The Bertz CT molecular complexity index is 542. The average Bonchev–Trinajstić information content (AvgIpc) is 2.46. The second kappa shape index (κ2) is 8.13. The van der Waals surface area contributed by atoms with Crippen LogP contribution in [-0.4, -0.2) is 12.6 Å². The lowest BCUT2D eigenvalue weighted by Crippen LogP contribution is -2.21. The molecule has 0 aliphatic carbocycles. The Labute approximate surface area is 127 Å². The summed E-state index contributed by atoms with van der Waals surface area (Å²) in [5.74, 6) is 0.978. The van der Waals surface area contributed by atoms with E-state index in [-0.39, 0.29) is 18.4 Å². The van der Waals surface area contributed by atoms with E-state index in [1.54, 1.807) is 0 Å². The first kappa shape index (κ1) is 16.8. The molecule has 110 valence electrons. The van der Waals surface area contributed by atoms with Gasteiger partial charge in [-0.3, -0.25) is 0 Å². The predicted octanol–water partition coefficient (Wildman–Crippen LogP) is 4.33. The molecule has 2 N–H and O–H groups in total. The molecule has 0 saturated carbocycles. The fourth-order valence-corrected chi connectivity index (χ4v) is 2.28. The topological polar surface area (TPSA) is 35.2 Å². The Morgan fingerprint density at radius 1 is 1.05 bits per heavy atom. The third kappa shape index (κ3) is 3.87. The summed E-state index contributed by atoms with van der Waals surface area (Å²) >= 11 is 0. The summed E-state index contributed by atoms with van der Waals surface area (Å²) in [5.41, 5.74) is 7.40. The second-order valence-electron chi connectivity index (χ2n) is 4.99. The maximum atomic E-state index is 6.08. The highest BCUT2D eigenvalue weighted by atomic mass is 35.5. The van der Waals surface area contributed by atoms with Gasteiger partial charge < -0.3 is 10.5 Å². The van der Waals surface area contributed by atoms with Crippen molar-refractivity contribution in [3.63, 3.8) is 0 Å². The van der Waals surface area contributed by atoms with E-state index in [9.17, 15) is 0 Å². The number of rotatable bonds is 6. The lowest BCUT2D eigenvalue weighted by atomic mass is 9.97. The van der Waals surface area contributed by atoms with Crippen molar-refractivity contribution in [2.24, 2.45) is 5.73 Å². The Morgan fingerprint density at radius 3 is 2.40 bits per heavy atom. The smallest absolute Gasteiger partial charge is 0.127 e. The predicted molar refractivity (Wildman–Crippen MR) is 89.0 cm³/mol. The molecule has 0 aromatic heterocycles. The van der Waals surface area contributed by atoms with Crippen molar-refractivity contribution in [1.29, 1.82) is 0 Å². The van der Waals surface area contributed by atoms with Gasteiger partial charge in [0.2, 0.25) is 0 Å². The highest BCUT2D eigenvalue weighted by Crippen LogP contribution is 2.29. The third-order valence-electron chi connectivity index (χ3n) is 3.44. The van der Waals surface area contributed by atoms with Crippen LogP contribution in [0.1, 0.15) is 32.3 Å². The fourth-order valence-electron chi connectivity index (χ4n) is 2.28. The molecule has 2 nitrogen and oxygen atoms in total. The Morgan fingerprint density at radius 2 is 1.75 bits per heavy atom. The van der Waals surface area contributed by atoms with Gasteiger partial charge in [-0.2, -0.15) is 0 Å². The summed E-state index contributed by atoms with van der Waals surface area (Å²) in [6, 6.07) is 12.9.